The van der Waals surface area contributed by atoms with E-state index in [4.69, 9.17) is 5.73 Å². The van der Waals surface area contributed by atoms with Crippen molar-refractivity contribution in [2.45, 2.75) is 32.2 Å². The molecule has 1 amide bonds. The van der Waals surface area contributed by atoms with Crippen molar-refractivity contribution < 1.29 is 9.18 Å². The minimum absolute atomic E-state index is 0. The molecule has 6 heteroatoms. The molecule has 1 aromatic carbocycles. The van der Waals surface area contributed by atoms with Gasteiger partial charge < -0.3 is 11.1 Å². The molecule has 1 saturated heterocycles. The lowest BCUT2D eigenvalue weighted by atomic mass is 9.92. The molecule has 0 saturated carbocycles. The number of likely N-dealkylation sites (tertiary alicyclic amines) is 1. The predicted molar refractivity (Wildman–Crippen MR) is 93.2 cm³/mol. The van der Waals surface area contributed by atoms with Gasteiger partial charge in [0.05, 0.1) is 6.54 Å². The summed E-state index contributed by atoms with van der Waals surface area (Å²) in [6, 6.07) is 6.57. The van der Waals surface area contributed by atoms with Gasteiger partial charge in [-0.25, -0.2) is 4.39 Å². The van der Waals surface area contributed by atoms with Crippen molar-refractivity contribution in [2.75, 3.05) is 26.2 Å². The van der Waals surface area contributed by atoms with Gasteiger partial charge in [-0.15, -0.1) is 12.4 Å². The maximum atomic E-state index is 12.8. The van der Waals surface area contributed by atoms with E-state index in [9.17, 15) is 9.18 Å². The lowest BCUT2D eigenvalue weighted by Gasteiger charge is -2.34. The molecule has 4 nitrogen and oxygen atoms in total. The number of nitrogens with one attached hydrogen (secondary N) is 1. The number of halogens is 2. The number of hydrogen-bond acceptors (Lipinski definition) is 3. The highest BCUT2D eigenvalue weighted by atomic mass is 35.5. The van der Waals surface area contributed by atoms with Crippen LogP contribution in [0.5, 0.6) is 0 Å². The first-order valence-corrected chi connectivity index (χ1v) is 8.03. The minimum Gasteiger partial charge on any atom is -0.355 e. The summed E-state index contributed by atoms with van der Waals surface area (Å²) >= 11 is 0. The van der Waals surface area contributed by atoms with Gasteiger partial charge in [0.15, 0.2) is 0 Å². The van der Waals surface area contributed by atoms with Crippen LogP contribution in [-0.4, -0.2) is 43.0 Å². The van der Waals surface area contributed by atoms with Gasteiger partial charge in [-0.2, -0.15) is 0 Å². The van der Waals surface area contributed by atoms with Crippen molar-refractivity contribution in [3.63, 3.8) is 0 Å². The third-order valence-electron chi connectivity index (χ3n) is 4.30. The van der Waals surface area contributed by atoms with Crippen molar-refractivity contribution in [3.05, 3.63) is 35.6 Å². The predicted octanol–water partition coefficient (Wildman–Crippen LogP) is 1.97. The van der Waals surface area contributed by atoms with E-state index in [0.717, 1.165) is 31.5 Å². The molecule has 23 heavy (non-hydrogen) atoms. The molecule has 1 aliphatic heterocycles. The number of rotatable bonds is 6. The third-order valence-corrected chi connectivity index (χ3v) is 4.30. The molecule has 2 rings (SSSR count). The van der Waals surface area contributed by atoms with Gasteiger partial charge in [-0.1, -0.05) is 12.1 Å². The third kappa shape index (κ3) is 6.85. The Morgan fingerprint density at radius 3 is 2.78 bits per heavy atom. The second kappa shape index (κ2) is 9.85. The summed E-state index contributed by atoms with van der Waals surface area (Å²) in [5.41, 5.74) is 6.99. The molecule has 1 aliphatic rings. The molecular formula is C17H27ClFN3O. The van der Waals surface area contributed by atoms with Gasteiger partial charge in [-0.05, 0) is 56.3 Å². The van der Waals surface area contributed by atoms with Crippen LogP contribution in [-0.2, 0) is 11.2 Å². The summed E-state index contributed by atoms with van der Waals surface area (Å²) in [5, 5.41) is 2.93. The second-order valence-electron chi connectivity index (χ2n) is 6.22. The second-order valence-corrected chi connectivity index (χ2v) is 6.22. The molecular weight excluding hydrogens is 317 g/mol. The van der Waals surface area contributed by atoms with Gasteiger partial charge >= 0.3 is 0 Å². The highest BCUT2D eigenvalue weighted by Gasteiger charge is 2.23. The zero-order valence-corrected chi connectivity index (χ0v) is 14.4. The number of piperidine rings is 1. The summed E-state index contributed by atoms with van der Waals surface area (Å²) < 4.78 is 12.8. The van der Waals surface area contributed by atoms with Crippen molar-refractivity contribution >= 4 is 18.3 Å². The number of nitrogens with two attached hydrogens (primary N) is 1. The van der Waals surface area contributed by atoms with E-state index in [1.165, 1.54) is 12.1 Å². The highest BCUT2D eigenvalue weighted by Crippen LogP contribution is 2.18. The molecule has 2 atom stereocenters. The summed E-state index contributed by atoms with van der Waals surface area (Å²) in [6.45, 7) is 4.93. The molecule has 0 radical (unpaired) electrons. The smallest absolute Gasteiger partial charge is 0.234 e. The molecule has 2 unspecified atom stereocenters. The summed E-state index contributed by atoms with van der Waals surface area (Å²) in [6.07, 6.45) is 2.98. The zero-order chi connectivity index (χ0) is 15.9. The van der Waals surface area contributed by atoms with Gasteiger partial charge in [0.1, 0.15) is 5.82 Å². The molecule has 0 bridgehead atoms. The fraction of sp³-hybridized carbons (Fsp3) is 0.588. The Morgan fingerprint density at radius 2 is 2.13 bits per heavy atom. The van der Waals surface area contributed by atoms with Crippen molar-refractivity contribution in [1.82, 2.24) is 10.2 Å². The topological polar surface area (TPSA) is 58.4 Å². The van der Waals surface area contributed by atoms with E-state index in [2.05, 4.69) is 10.2 Å². The van der Waals surface area contributed by atoms with Crippen LogP contribution in [0.3, 0.4) is 0 Å². The van der Waals surface area contributed by atoms with Crippen LogP contribution in [0.25, 0.3) is 0 Å². The fourth-order valence-electron chi connectivity index (χ4n) is 2.92. The summed E-state index contributed by atoms with van der Waals surface area (Å²) in [5.74, 6) is 0.301. The lowest BCUT2D eigenvalue weighted by molar-refractivity contribution is -0.122. The minimum atomic E-state index is -0.235. The maximum absolute atomic E-state index is 12.8. The number of carbonyl (C=O) groups excluding carboxylic acids is 1. The van der Waals surface area contributed by atoms with E-state index in [-0.39, 0.29) is 30.2 Å². The Morgan fingerprint density at radius 1 is 1.43 bits per heavy atom. The van der Waals surface area contributed by atoms with Gasteiger partial charge in [-0.3, -0.25) is 9.69 Å². The Balaban J connectivity index is 0.00000264. The number of carbonyl (C=O) groups is 1. The average Bonchev–Trinajstić information content (AvgIpc) is 2.49. The molecule has 1 aromatic rings. The molecule has 0 aliphatic carbocycles. The van der Waals surface area contributed by atoms with Crippen molar-refractivity contribution in [3.8, 4) is 0 Å². The summed E-state index contributed by atoms with van der Waals surface area (Å²) in [4.78, 5) is 14.2. The normalized spacial score (nSPS) is 19.7. The van der Waals surface area contributed by atoms with E-state index in [0.29, 0.717) is 25.4 Å². The van der Waals surface area contributed by atoms with E-state index in [1.807, 2.05) is 6.92 Å². The lowest BCUT2D eigenvalue weighted by Crippen LogP contribution is -2.46. The first-order chi connectivity index (χ1) is 10.5. The van der Waals surface area contributed by atoms with Crippen LogP contribution < -0.4 is 11.1 Å². The largest absolute Gasteiger partial charge is 0.355 e. The first-order valence-electron chi connectivity index (χ1n) is 8.03. The number of amides is 1. The van der Waals surface area contributed by atoms with E-state index < -0.39 is 0 Å². The SMILES string of the molecule is CC(N)C1CCCN(CC(=O)NCCc2ccc(F)cc2)C1.Cl. The summed E-state index contributed by atoms with van der Waals surface area (Å²) in [7, 11) is 0. The maximum Gasteiger partial charge on any atom is 0.234 e. The fourth-order valence-corrected chi connectivity index (χ4v) is 2.92. The molecule has 0 spiro atoms. The van der Waals surface area contributed by atoms with Gasteiger partial charge in [0.2, 0.25) is 5.91 Å². The van der Waals surface area contributed by atoms with E-state index in [1.54, 1.807) is 12.1 Å². The van der Waals surface area contributed by atoms with Crippen LogP contribution in [0.15, 0.2) is 24.3 Å². The Hall–Kier alpha value is -1.17. The van der Waals surface area contributed by atoms with Gasteiger partial charge in [0.25, 0.3) is 0 Å². The highest BCUT2D eigenvalue weighted by molar-refractivity contribution is 5.85. The van der Waals surface area contributed by atoms with Crippen molar-refractivity contribution in [2.24, 2.45) is 11.7 Å². The Labute approximate surface area is 144 Å². The first kappa shape index (κ1) is 19.9. The van der Waals surface area contributed by atoms with E-state index >= 15 is 0 Å². The van der Waals surface area contributed by atoms with Gasteiger partial charge in [0, 0.05) is 19.1 Å². The van der Waals surface area contributed by atoms with Crippen LogP contribution in [0, 0.1) is 11.7 Å². The number of hydrogen-bond donors (Lipinski definition) is 2. The average molecular weight is 344 g/mol. The number of benzene rings is 1. The van der Waals surface area contributed by atoms with Crippen LogP contribution >= 0.6 is 12.4 Å². The number of nitrogens with zero attached hydrogens (tertiary/aromatic N) is 1. The molecule has 0 aromatic heterocycles. The van der Waals surface area contributed by atoms with Crippen LogP contribution in [0.4, 0.5) is 4.39 Å². The Kier molecular flexibility index (Phi) is 8.52. The monoisotopic (exact) mass is 343 g/mol. The van der Waals surface area contributed by atoms with Crippen LogP contribution in [0.1, 0.15) is 25.3 Å². The molecule has 1 fully saturated rings. The van der Waals surface area contributed by atoms with Crippen LogP contribution in [0.2, 0.25) is 0 Å². The molecule has 1 heterocycles. The molecule has 130 valence electrons. The van der Waals surface area contributed by atoms with Crippen molar-refractivity contribution in [1.29, 1.82) is 0 Å². The standard InChI is InChI=1S/C17H26FN3O.ClH/c1-13(19)15-3-2-10-21(11-15)12-17(22)20-9-8-14-4-6-16(18)7-5-14;/h4-7,13,15H,2-3,8-12,19H2,1H3,(H,20,22);1H. The quantitative estimate of drug-likeness (QED) is 0.830. The molecule has 3 N–H and O–H groups in total. The Bertz CT molecular complexity index is 481. The zero-order valence-electron chi connectivity index (χ0n) is 13.6.